The van der Waals surface area contributed by atoms with Gasteiger partial charge in [0.1, 0.15) is 12.3 Å². The summed E-state index contributed by atoms with van der Waals surface area (Å²) in [7, 11) is 0. The molecule has 2 aliphatic heterocycles. The van der Waals surface area contributed by atoms with Gasteiger partial charge < -0.3 is 20.3 Å². The number of fused-ring (bicyclic) bond motifs is 1. The molecule has 164 valence electrons. The maximum atomic E-state index is 15.3. The van der Waals surface area contributed by atoms with Gasteiger partial charge in [0.25, 0.3) is 0 Å². The fourth-order valence-electron chi connectivity index (χ4n) is 4.74. The second-order valence-corrected chi connectivity index (χ2v) is 9.10. The standard InChI is InChI=1S/C25H30FN3O2/c26-25(9-12-29(13-10-25)24(30)31-16-18-4-2-1-3-5-18)17-28-23-15-21(23)19-6-7-22-20(14-19)8-11-27-22/h1-7,14,21,23,27-28H,8-13,15-17H2/t21-,23+/m0/s1. The highest BCUT2D eigenvalue weighted by Crippen LogP contribution is 2.43. The molecule has 1 aliphatic carbocycles. The lowest BCUT2D eigenvalue weighted by Crippen LogP contribution is -2.49. The molecule has 1 saturated heterocycles. The van der Waals surface area contributed by atoms with E-state index in [0.29, 0.717) is 44.4 Å². The van der Waals surface area contributed by atoms with Crippen molar-refractivity contribution in [1.29, 1.82) is 0 Å². The van der Waals surface area contributed by atoms with E-state index in [1.54, 1.807) is 4.90 Å². The third-order valence-electron chi connectivity index (χ3n) is 6.86. The van der Waals surface area contributed by atoms with Crippen molar-refractivity contribution in [3.05, 3.63) is 65.2 Å². The van der Waals surface area contributed by atoms with E-state index in [0.717, 1.165) is 24.9 Å². The molecular formula is C25H30FN3O2. The lowest BCUT2D eigenvalue weighted by molar-refractivity contribution is 0.0408. The first-order valence-corrected chi connectivity index (χ1v) is 11.3. The molecule has 0 spiro atoms. The largest absolute Gasteiger partial charge is 0.445 e. The van der Waals surface area contributed by atoms with Gasteiger partial charge in [0.15, 0.2) is 0 Å². The van der Waals surface area contributed by atoms with Crippen LogP contribution < -0.4 is 10.6 Å². The molecule has 5 nitrogen and oxygen atoms in total. The van der Waals surface area contributed by atoms with Gasteiger partial charge >= 0.3 is 6.09 Å². The van der Waals surface area contributed by atoms with E-state index in [1.807, 2.05) is 30.3 Å². The Morgan fingerprint density at radius 1 is 1.19 bits per heavy atom. The van der Waals surface area contributed by atoms with Crippen LogP contribution >= 0.6 is 0 Å². The van der Waals surface area contributed by atoms with Gasteiger partial charge in [0, 0.05) is 56.7 Å². The number of carbonyl (C=O) groups excluding carboxylic acids is 1. The summed E-state index contributed by atoms with van der Waals surface area (Å²) in [6.07, 6.45) is 2.50. The van der Waals surface area contributed by atoms with Crippen LogP contribution in [0.1, 0.15) is 41.9 Å². The number of carbonyl (C=O) groups is 1. The average molecular weight is 424 g/mol. The number of hydrogen-bond donors (Lipinski definition) is 2. The minimum atomic E-state index is -1.26. The minimum absolute atomic E-state index is 0.250. The van der Waals surface area contributed by atoms with Crippen molar-refractivity contribution in [2.45, 2.75) is 49.9 Å². The average Bonchev–Trinajstić information content (AvgIpc) is 3.43. The third-order valence-corrected chi connectivity index (χ3v) is 6.86. The Kier molecular flexibility index (Phi) is 5.57. The van der Waals surface area contributed by atoms with Crippen molar-refractivity contribution in [1.82, 2.24) is 10.2 Å². The number of nitrogens with zero attached hydrogens (tertiary/aromatic N) is 1. The lowest BCUT2D eigenvalue weighted by Gasteiger charge is -2.36. The van der Waals surface area contributed by atoms with Crippen molar-refractivity contribution in [3.63, 3.8) is 0 Å². The summed E-state index contributed by atoms with van der Waals surface area (Å²) in [6.45, 7) is 2.43. The second kappa shape index (κ2) is 8.50. The zero-order valence-electron chi connectivity index (χ0n) is 17.8. The molecule has 0 unspecified atom stereocenters. The van der Waals surface area contributed by atoms with Crippen LogP contribution in [0.25, 0.3) is 0 Å². The van der Waals surface area contributed by atoms with E-state index in [2.05, 4.69) is 28.8 Å². The number of benzene rings is 2. The molecule has 0 aromatic heterocycles. The van der Waals surface area contributed by atoms with E-state index in [4.69, 9.17) is 4.74 Å². The van der Waals surface area contributed by atoms with Crippen molar-refractivity contribution in [3.8, 4) is 0 Å². The minimum Gasteiger partial charge on any atom is -0.445 e. The van der Waals surface area contributed by atoms with Crippen LogP contribution in [-0.4, -0.2) is 48.9 Å². The van der Waals surface area contributed by atoms with E-state index in [9.17, 15) is 4.79 Å². The first-order valence-electron chi connectivity index (χ1n) is 11.3. The molecule has 3 aliphatic rings. The maximum Gasteiger partial charge on any atom is 0.410 e. The molecule has 5 rings (SSSR count). The molecule has 0 bridgehead atoms. The first kappa shape index (κ1) is 20.3. The van der Waals surface area contributed by atoms with E-state index in [1.165, 1.54) is 16.8 Å². The molecule has 2 N–H and O–H groups in total. The summed E-state index contributed by atoms with van der Waals surface area (Å²) in [5, 5.41) is 6.85. The van der Waals surface area contributed by atoms with Gasteiger partial charge in [-0.05, 0) is 35.6 Å². The highest BCUT2D eigenvalue weighted by molar-refractivity contribution is 5.67. The number of likely N-dealkylation sites (tertiary alicyclic amines) is 1. The Bertz CT molecular complexity index is 928. The summed E-state index contributed by atoms with van der Waals surface area (Å²) in [4.78, 5) is 13.9. The number of nitrogens with one attached hydrogen (secondary N) is 2. The Balaban J connectivity index is 1.05. The summed E-state index contributed by atoms with van der Waals surface area (Å²) in [6, 6.07) is 16.7. The Morgan fingerprint density at radius 2 is 2.00 bits per heavy atom. The lowest BCUT2D eigenvalue weighted by atomic mass is 9.93. The SMILES string of the molecule is O=C(OCc1ccccc1)N1CCC(F)(CN[C@@H]2C[C@H]2c2ccc3c(c2)CCN3)CC1. The molecule has 1 amide bonds. The molecule has 2 atom stereocenters. The molecule has 2 fully saturated rings. The van der Waals surface area contributed by atoms with Crippen LogP contribution in [0.15, 0.2) is 48.5 Å². The first-order chi connectivity index (χ1) is 15.1. The monoisotopic (exact) mass is 423 g/mol. The van der Waals surface area contributed by atoms with Crippen LogP contribution in [0.2, 0.25) is 0 Å². The molecular weight excluding hydrogens is 393 g/mol. The molecule has 1 saturated carbocycles. The van der Waals surface area contributed by atoms with Gasteiger partial charge in [0.05, 0.1) is 0 Å². The van der Waals surface area contributed by atoms with Crippen molar-refractivity contribution in [2.24, 2.45) is 0 Å². The van der Waals surface area contributed by atoms with Crippen LogP contribution in [0, 0.1) is 0 Å². The Labute approximate surface area is 183 Å². The Hall–Kier alpha value is -2.60. The molecule has 0 radical (unpaired) electrons. The van der Waals surface area contributed by atoms with Gasteiger partial charge in [-0.15, -0.1) is 0 Å². The highest BCUT2D eigenvalue weighted by atomic mass is 19.1. The second-order valence-electron chi connectivity index (χ2n) is 9.10. The maximum absolute atomic E-state index is 15.3. The zero-order chi connectivity index (χ0) is 21.3. The fraction of sp³-hybridized carbons (Fsp3) is 0.480. The van der Waals surface area contributed by atoms with Gasteiger partial charge in [-0.25, -0.2) is 9.18 Å². The number of alkyl halides is 1. The van der Waals surface area contributed by atoms with Crippen LogP contribution in [0.4, 0.5) is 14.9 Å². The smallest absolute Gasteiger partial charge is 0.410 e. The van der Waals surface area contributed by atoms with Crippen LogP contribution in [0.3, 0.4) is 0 Å². The molecule has 2 aromatic carbocycles. The van der Waals surface area contributed by atoms with Crippen LogP contribution in [-0.2, 0) is 17.8 Å². The van der Waals surface area contributed by atoms with Crippen molar-refractivity contribution < 1.29 is 13.9 Å². The molecule has 31 heavy (non-hydrogen) atoms. The van der Waals surface area contributed by atoms with E-state index in [-0.39, 0.29) is 12.7 Å². The van der Waals surface area contributed by atoms with E-state index < -0.39 is 5.67 Å². The number of hydrogen-bond acceptors (Lipinski definition) is 4. The number of rotatable bonds is 6. The van der Waals surface area contributed by atoms with E-state index >= 15 is 4.39 Å². The van der Waals surface area contributed by atoms with Gasteiger partial charge in [-0.2, -0.15) is 0 Å². The summed E-state index contributed by atoms with van der Waals surface area (Å²) in [5.41, 5.74) is 3.72. The topological polar surface area (TPSA) is 53.6 Å². The number of anilines is 1. The fourth-order valence-corrected chi connectivity index (χ4v) is 4.74. The molecule has 2 aromatic rings. The number of halogens is 1. The third kappa shape index (κ3) is 4.69. The highest BCUT2D eigenvalue weighted by Gasteiger charge is 2.42. The van der Waals surface area contributed by atoms with Gasteiger partial charge in [-0.1, -0.05) is 42.5 Å². The number of ether oxygens (including phenoxy) is 1. The quantitative estimate of drug-likeness (QED) is 0.730. The summed E-state index contributed by atoms with van der Waals surface area (Å²) >= 11 is 0. The number of amides is 1. The van der Waals surface area contributed by atoms with Crippen molar-refractivity contribution in [2.75, 3.05) is 31.5 Å². The van der Waals surface area contributed by atoms with Crippen molar-refractivity contribution >= 4 is 11.8 Å². The molecule has 2 heterocycles. The number of piperidine rings is 1. The molecule has 6 heteroatoms. The van der Waals surface area contributed by atoms with Gasteiger partial charge in [-0.3, -0.25) is 0 Å². The normalized spacial score (nSPS) is 23.7. The summed E-state index contributed by atoms with van der Waals surface area (Å²) < 4.78 is 20.7. The van der Waals surface area contributed by atoms with Gasteiger partial charge in [0.2, 0.25) is 0 Å². The predicted molar refractivity (Wildman–Crippen MR) is 119 cm³/mol. The zero-order valence-corrected chi connectivity index (χ0v) is 17.8. The predicted octanol–water partition coefficient (Wildman–Crippen LogP) is 4.24. The van der Waals surface area contributed by atoms with Crippen LogP contribution in [0.5, 0.6) is 0 Å². The summed E-state index contributed by atoms with van der Waals surface area (Å²) in [5.74, 6) is 0.488. The Morgan fingerprint density at radius 3 is 2.81 bits per heavy atom.